The predicted molar refractivity (Wildman–Crippen MR) is 98.2 cm³/mol. The van der Waals surface area contributed by atoms with Crippen LogP contribution < -0.4 is 9.62 Å². The van der Waals surface area contributed by atoms with E-state index in [1.54, 1.807) is 19.1 Å². The van der Waals surface area contributed by atoms with E-state index in [0.717, 1.165) is 29.5 Å². The zero-order valence-electron chi connectivity index (χ0n) is 15.0. The van der Waals surface area contributed by atoms with Gasteiger partial charge < -0.3 is 5.32 Å². The van der Waals surface area contributed by atoms with E-state index in [-0.39, 0.29) is 5.69 Å². The molecule has 2 aromatic rings. The fraction of sp³-hybridized carbons (Fsp3) is 0.278. The van der Waals surface area contributed by atoms with Crippen molar-refractivity contribution < 1.29 is 26.4 Å². The second-order valence-corrected chi connectivity index (χ2v) is 8.02. The summed E-state index contributed by atoms with van der Waals surface area (Å²) in [5, 5.41) is 2.60. The number of carbonyl (C=O) groups excluding carboxylic acids is 1. The molecule has 0 radical (unpaired) electrons. The van der Waals surface area contributed by atoms with Gasteiger partial charge >= 0.3 is 6.18 Å². The third kappa shape index (κ3) is 5.22. The van der Waals surface area contributed by atoms with Gasteiger partial charge in [0.05, 0.1) is 17.5 Å². The van der Waals surface area contributed by atoms with Gasteiger partial charge in [-0.2, -0.15) is 13.2 Å². The van der Waals surface area contributed by atoms with Gasteiger partial charge in [-0.3, -0.25) is 9.10 Å². The van der Waals surface area contributed by atoms with Crippen molar-refractivity contribution in [1.29, 1.82) is 0 Å². The Balaban J connectivity index is 2.31. The Morgan fingerprint density at radius 2 is 1.74 bits per heavy atom. The van der Waals surface area contributed by atoms with Crippen LogP contribution in [0.15, 0.2) is 42.5 Å². The van der Waals surface area contributed by atoms with Crippen molar-refractivity contribution in [3.8, 4) is 0 Å². The lowest BCUT2D eigenvalue weighted by Crippen LogP contribution is -2.37. The molecule has 0 heterocycles. The topological polar surface area (TPSA) is 66.5 Å². The minimum Gasteiger partial charge on any atom is -0.324 e. The highest BCUT2D eigenvalue weighted by molar-refractivity contribution is 7.92. The lowest BCUT2D eigenvalue weighted by Gasteiger charge is -2.23. The maximum atomic E-state index is 12.9. The van der Waals surface area contributed by atoms with Crippen molar-refractivity contribution >= 4 is 27.3 Å². The number of amides is 1. The summed E-state index contributed by atoms with van der Waals surface area (Å²) in [5.41, 5.74) is 1.03. The van der Waals surface area contributed by atoms with Gasteiger partial charge in [0.25, 0.3) is 0 Å². The molecule has 2 aromatic carbocycles. The highest BCUT2D eigenvalue weighted by Crippen LogP contribution is 2.32. The number of sulfonamides is 1. The Morgan fingerprint density at radius 1 is 1.11 bits per heavy atom. The van der Waals surface area contributed by atoms with Crippen LogP contribution in [0.25, 0.3) is 0 Å². The molecule has 27 heavy (non-hydrogen) atoms. The van der Waals surface area contributed by atoms with Gasteiger partial charge in [-0.1, -0.05) is 18.2 Å². The third-order valence-corrected chi connectivity index (χ3v) is 5.17. The summed E-state index contributed by atoms with van der Waals surface area (Å²) in [5.74, 6) is -0.661. The van der Waals surface area contributed by atoms with Crippen LogP contribution in [0, 0.1) is 13.8 Å². The van der Waals surface area contributed by atoms with Gasteiger partial charge in [0, 0.05) is 5.69 Å². The summed E-state index contributed by atoms with van der Waals surface area (Å²) in [6.45, 7) is 3.01. The number of benzene rings is 2. The molecule has 0 aromatic heterocycles. The number of nitrogens with zero attached hydrogens (tertiary/aromatic N) is 1. The van der Waals surface area contributed by atoms with E-state index in [1.165, 1.54) is 6.07 Å². The summed E-state index contributed by atoms with van der Waals surface area (Å²) in [4.78, 5) is 12.3. The van der Waals surface area contributed by atoms with E-state index in [4.69, 9.17) is 0 Å². The summed E-state index contributed by atoms with van der Waals surface area (Å²) < 4.78 is 63.5. The predicted octanol–water partition coefficient (Wildman–Crippen LogP) is 3.73. The Bertz CT molecular complexity index is 957. The second kappa shape index (κ2) is 7.59. The summed E-state index contributed by atoms with van der Waals surface area (Å²) in [6, 6.07) is 9.09. The molecule has 0 saturated heterocycles. The first-order chi connectivity index (χ1) is 12.4. The summed E-state index contributed by atoms with van der Waals surface area (Å²) >= 11 is 0. The van der Waals surface area contributed by atoms with Gasteiger partial charge in [-0.25, -0.2) is 8.42 Å². The van der Waals surface area contributed by atoms with E-state index in [2.05, 4.69) is 5.32 Å². The second-order valence-electron chi connectivity index (χ2n) is 6.11. The standard InChI is InChI=1S/C18H19F3N2O3S/c1-12-6-4-9-16(13(12)2)22-17(24)11-23(27(3,25)26)15-8-5-7-14(10-15)18(19,20)21/h4-10H,11H2,1-3H3,(H,22,24). The highest BCUT2D eigenvalue weighted by atomic mass is 32.2. The lowest BCUT2D eigenvalue weighted by atomic mass is 10.1. The normalized spacial score (nSPS) is 11.9. The third-order valence-electron chi connectivity index (χ3n) is 4.03. The van der Waals surface area contributed by atoms with Gasteiger partial charge in [0.15, 0.2) is 0 Å². The maximum absolute atomic E-state index is 12.9. The number of carbonyl (C=O) groups is 1. The quantitative estimate of drug-likeness (QED) is 0.832. The van der Waals surface area contributed by atoms with Crippen molar-refractivity contribution in [2.24, 2.45) is 0 Å². The monoisotopic (exact) mass is 400 g/mol. The van der Waals surface area contributed by atoms with Crippen molar-refractivity contribution in [3.63, 3.8) is 0 Å². The van der Waals surface area contributed by atoms with Crippen molar-refractivity contribution in [1.82, 2.24) is 0 Å². The number of anilines is 2. The van der Waals surface area contributed by atoms with Crippen LogP contribution in [0.2, 0.25) is 0 Å². The molecule has 0 saturated carbocycles. The van der Waals surface area contributed by atoms with Crippen LogP contribution >= 0.6 is 0 Å². The number of hydrogen-bond donors (Lipinski definition) is 1. The Morgan fingerprint density at radius 3 is 2.33 bits per heavy atom. The van der Waals surface area contributed by atoms with Crippen molar-refractivity contribution in [3.05, 3.63) is 59.2 Å². The molecule has 9 heteroatoms. The highest BCUT2D eigenvalue weighted by Gasteiger charge is 2.32. The Kier molecular flexibility index (Phi) is 5.84. The van der Waals surface area contributed by atoms with E-state index < -0.39 is 34.2 Å². The molecular weight excluding hydrogens is 381 g/mol. The minimum atomic E-state index is -4.62. The average Bonchev–Trinajstić information content (AvgIpc) is 2.55. The summed E-state index contributed by atoms with van der Waals surface area (Å²) in [6.07, 6.45) is -3.79. The zero-order chi connectivity index (χ0) is 20.4. The smallest absolute Gasteiger partial charge is 0.324 e. The molecule has 1 amide bonds. The van der Waals surface area contributed by atoms with Crippen LogP contribution in [-0.4, -0.2) is 27.1 Å². The van der Waals surface area contributed by atoms with Gasteiger partial charge in [0.1, 0.15) is 6.54 Å². The maximum Gasteiger partial charge on any atom is 0.416 e. The molecule has 2 rings (SSSR count). The average molecular weight is 400 g/mol. The fourth-order valence-electron chi connectivity index (χ4n) is 2.44. The van der Waals surface area contributed by atoms with E-state index in [0.29, 0.717) is 16.1 Å². The molecular formula is C18H19F3N2O3S. The number of aryl methyl sites for hydroxylation is 1. The molecule has 0 aliphatic rings. The SMILES string of the molecule is Cc1cccc(NC(=O)CN(c2cccc(C(F)(F)F)c2)S(C)(=O)=O)c1C. The minimum absolute atomic E-state index is 0.233. The first-order valence-electron chi connectivity index (χ1n) is 7.90. The van der Waals surface area contributed by atoms with Crippen LogP contribution in [0.4, 0.5) is 24.5 Å². The van der Waals surface area contributed by atoms with E-state index >= 15 is 0 Å². The largest absolute Gasteiger partial charge is 0.416 e. The number of nitrogens with one attached hydrogen (secondary N) is 1. The van der Waals surface area contributed by atoms with Crippen LogP contribution in [0.1, 0.15) is 16.7 Å². The number of rotatable bonds is 5. The molecule has 0 fully saturated rings. The molecule has 5 nitrogen and oxygen atoms in total. The van der Waals surface area contributed by atoms with Crippen LogP contribution in [0.3, 0.4) is 0 Å². The summed E-state index contributed by atoms with van der Waals surface area (Å²) in [7, 11) is -3.98. The number of halogens is 3. The van der Waals surface area contributed by atoms with E-state index in [1.807, 2.05) is 13.0 Å². The molecule has 0 aliphatic heterocycles. The molecule has 0 unspecified atom stereocenters. The van der Waals surface area contributed by atoms with Crippen LogP contribution in [0.5, 0.6) is 0 Å². The Labute approximate surface area is 155 Å². The van der Waals surface area contributed by atoms with Gasteiger partial charge in [0.2, 0.25) is 15.9 Å². The van der Waals surface area contributed by atoms with Gasteiger partial charge in [-0.15, -0.1) is 0 Å². The number of hydrogen-bond acceptors (Lipinski definition) is 3. The first kappa shape index (κ1) is 20.8. The molecule has 0 aliphatic carbocycles. The lowest BCUT2D eigenvalue weighted by molar-refractivity contribution is -0.137. The molecule has 146 valence electrons. The first-order valence-corrected chi connectivity index (χ1v) is 9.75. The Hall–Kier alpha value is -2.55. The molecule has 1 N–H and O–H groups in total. The van der Waals surface area contributed by atoms with Gasteiger partial charge in [-0.05, 0) is 49.2 Å². The number of alkyl halides is 3. The van der Waals surface area contributed by atoms with Crippen molar-refractivity contribution in [2.75, 3.05) is 22.4 Å². The van der Waals surface area contributed by atoms with Crippen LogP contribution in [-0.2, 0) is 21.0 Å². The molecule has 0 spiro atoms. The zero-order valence-corrected chi connectivity index (χ0v) is 15.8. The molecule has 0 atom stereocenters. The van der Waals surface area contributed by atoms with Crippen molar-refractivity contribution in [2.45, 2.75) is 20.0 Å². The molecule has 0 bridgehead atoms. The van der Waals surface area contributed by atoms with E-state index in [9.17, 15) is 26.4 Å². The fourth-order valence-corrected chi connectivity index (χ4v) is 3.29.